The number of benzene rings is 1. The number of hydrogen-bond acceptors (Lipinski definition) is 6. The number of carbonyl (C=O) groups is 2. The van der Waals surface area contributed by atoms with Crippen molar-refractivity contribution in [3.63, 3.8) is 0 Å². The summed E-state index contributed by atoms with van der Waals surface area (Å²) in [5, 5.41) is 5.57. The highest BCUT2D eigenvalue weighted by Gasteiger charge is 2.36. The lowest BCUT2D eigenvalue weighted by atomic mass is 9.89. The summed E-state index contributed by atoms with van der Waals surface area (Å²) in [5.41, 5.74) is 2.97. The molecule has 29 heavy (non-hydrogen) atoms. The molecule has 4 aromatic rings. The van der Waals surface area contributed by atoms with E-state index in [2.05, 4.69) is 17.0 Å². The maximum Gasteiger partial charge on any atom is 0.261 e. The van der Waals surface area contributed by atoms with E-state index in [1.807, 2.05) is 0 Å². The van der Waals surface area contributed by atoms with E-state index < -0.39 is 0 Å². The van der Waals surface area contributed by atoms with E-state index >= 15 is 0 Å². The van der Waals surface area contributed by atoms with E-state index in [0.717, 1.165) is 35.1 Å². The fourth-order valence-corrected chi connectivity index (χ4v) is 5.72. The minimum atomic E-state index is -0.297. The van der Waals surface area contributed by atoms with Gasteiger partial charge in [-0.05, 0) is 42.9 Å². The first kappa shape index (κ1) is 16.8. The van der Waals surface area contributed by atoms with Crippen molar-refractivity contribution >= 4 is 39.0 Å². The van der Waals surface area contributed by atoms with Crippen LogP contribution in [0, 0.1) is 5.92 Å². The lowest BCUT2D eigenvalue weighted by Crippen LogP contribution is -2.29. The second-order valence-electron chi connectivity index (χ2n) is 7.81. The van der Waals surface area contributed by atoms with E-state index in [1.54, 1.807) is 46.4 Å². The SMILES string of the molecule is C[C@@H]1CCc2c(sc3ncn4nc(CN5C(=O)c6ccccc6C5=O)nc4c23)C1. The van der Waals surface area contributed by atoms with Gasteiger partial charge in [-0.25, -0.2) is 14.5 Å². The van der Waals surface area contributed by atoms with E-state index in [0.29, 0.717) is 22.9 Å². The predicted octanol–water partition coefficient (Wildman–Crippen LogP) is 3.26. The molecule has 0 unspecified atom stereocenters. The Morgan fingerprint density at radius 2 is 1.93 bits per heavy atom. The third kappa shape index (κ3) is 2.38. The number of aryl methyl sites for hydroxylation is 1. The summed E-state index contributed by atoms with van der Waals surface area (Å²) >= 11 is 1.74. The van der Waals surface area contributed by atoms with Gasteiger partial charge >= 0.3 is 0 Å². The zero-order valence-corrected chi connectivity index (χ0v) is 16.6. The van der Waals surface area contributed by atoms with Crippen LogP contribution >= 0.6 is 11.3 Å². The molecule has 1 aliphatic carbocycles. The van der Waals surface area contributed by atoms with Gasteiger partial charge in [-0.1, -0.05) is 19.1 Å². The van der Waals surface area contributed by atoms with Crippen molar-refractivity contribution < 1.29 is 9.59 Å². The largest absolute Gasteiger partial charge is 0.269 e. The Kier molecular flexibility index (Phi) is 3.44. The summed E-state index contributed by atoms with van der Waals surface area (Å²) < 4.78 is 1.67. The molecule has 8 heteroatoms. The molecular formula is C21H17N5O2S. The van der Waals surface area contributed by atoms with Crippen molar-refractivity contribution in [2.75, 3.05) is 0 Å². The molecule has 2 aliphatic rings. The zero-order chi connectivity index (χ0) is 19.7. The van der Waals surface area contributed by atoms with Gasteiger partial charge in [0.2, 0.25) is 0 Å². The number of aromatic nitrogens is 4. The molecular weight excluding hydrogens is 386 g/mol. The first-order valence-corrected chi connectivity index (χ1v) is 10.5. The van der Waals surface area contributed by atoms with Gasteiger partial charge in [0.15, 0.2) is 11.5 Å². The number of thiophene rings is 1. The number of hydrogen-bond donors (Lipinski definition) is 0. The summed E-state index contributed by atoms with van der Waals surface area (Å²) in [4.78, 5) is 38.2. The highest BCUT2D eigenvalue weighted by molar-refractivity contribution is 7.19. The minimum Gasteiger partial charge on any atom is -0.269 e. The van der Waals surface area contributed by atoms with Gasteiger partial charge in [-0.15, -0.1) is 16.4 Å². The maximum absolute atomic E-state index is 12.7. The average molecular weight is 403 g/mol. The van der Waals surface area contributed by atoms with Gasteiger partial charge in [0.05, 0.1) is 23.1 Å². The van der Waals surface area contributed by atoms with E-state index in [9.17, 15) is 9.59 Å². The number of carbonyl (C=O) groups excluding carboxylic acids is 2. The number of nitrogens with zero attached hydrogens (tertiary/aromatic N) is 5. The summed E-state index contributed by atoms with van der Waals surface area (Å²) in [6.45, 7) is 2.34. The Bertz CT molecular complexity index is 1300. The molecule has 4 heterocycles. The van der Waals surface area contributed by atoms with Crippen LogP contribution in [0.4, 0.5) is 0 Å². The van der Waals surface area contributed by atoms with E-state index in [-0.39, 0.29) is 18.4 Å². The van der Waals surface area contributed by atoms with Crippen molar-refractivity contribution in [2.24, 2.45) is 5.92 Å². The molecule has 7 nitrogen and oxygen atoms in total. The maximum atomic E-state index is 12.7. The number of amides is 2. The van der Waals surface area contributed by atoms with Gasteiger partial charge in [0.25, 0.3) is 11.8 Å². The molecule has 1 aliphatic heterocycles. The van der Waals surface area contributed by atoms with Gasteiger partial charge in [-0.2, -0.15) is 0 Å². The summed E-state index contributed by atoms with van der Waals surface area (Å²) in [6, 6.07) is 6.89. The van der Waals surface area contributed by atoms with E-state index in [1.165, 1.54) is 15.3 Å². The van der Waals surface area contributed by atoms with Crippen LogP contribution in [0.2, 0.25) is 0 Å². The lowest BCUT2D eigenvalue weighted by molar-refractivity contribution is 0.0638. The fourth-order valence-electron chi connectivity index (χ4n) is 4.37. The van der Waals surface area contributed by atoms with Crippen LogP contribution in [0.5, 0.6) is 0 Å². The second kappa shape index (κ2) is 5.93. The van der Waals surface area contributed by atoms with Crippen LogP contribution in [-0.2, 0) is 19.4 Å². The summed E-state index contributed by atoms with van der Waals surface area (Å²) in [7, 11) is 0. The fraction of sp³-hybridized carbons (Fsp3) is 0.286. The minimum absolute atomic E-state index is 0.0544. The molecule has 6 rings (SSSR count). The standard InChI is InChI=1S/C21H17N5O2S/c1-11-6-7-14-15(8-11)29-19-17(14)18-23-16(24-26(18)10-22-19)9-25-20(27)12-4-2-3-5-13(12)21(25)28/h2-5,10-11H,6-9H2,1H3/t11-/m1/s1. The molecule has 144 valence electrons. The van der Waals surface area contributed by atoms with Gasteiger partial charge in [-0.3, -0.25) is 14.5 Å². The second-order valence-corrected chi connectivity index (χ2v) is 8.90. The quantitative estimate of drug-likeness (QED) is 0.480. The number of imide groups is 1. The van der Waals surface area contributed by atoms with Crippen LogP contribution in [0.1, 0.15) is 50.3 Å². The Hall–Kier alpha value is -3.13. The van der Waals surface area contributed by atoms with Crippen molar-refractivity contribution in [3.05, 3.63) is 58.0 Å². The molecule has 2 amide bonds. The monoisotopic (exact) mass is 403 g/mol. The van der Waals surface area contributed by atoms with Crippen LogP contribution in [0.3, 0.4) is 0 Å². The smallest absolute Gasteiger partial charge is 0.261 e. The Balaban J connectivity index is 1.42. The molecule has 0 N–H and O–H groups in total. The van der Waals surface area contributed by atoms with Crippen LogP contribution in [0.15, 0.2) is 30.6 Å². The van der Waals surface area contributed by atoms with Crippen molar-refractivity contribution in [2.45, 2.75) is 32.7 Å². The normalized spacial score (nSPS) is 18.7. The molecule has 1 atom stereocenters. The van der Waals surface area contributed by atoms with Crippen LogP contribution < -0.4 is 0 Å². The zero-order valence-electron chi connectivity index (χ0n) is 15.8. The molecule has 3 aromatic heterocycles. The van der Waals surface area contributed by atoms with Crippen molar-refractivity contribution in [3.8, 4) is 0 Å². The molecule has 0 saturated carbocycles. The Labute approximate surface area is 170 Å². The number of fused-ring (bicyclic) bond motifs is 6. The molecule has 1 aromatic carbocycles. The van der Waals surface area contributed by atoms with Crippen molar-refractivity contribution in [1.29, 1.82) is 0 Å². The predicted molar refractivity (Wildman–Crippen MR) is 108 cm³/mol. The first-order chi connectivity index (χ1) is 14.1. The van der Waals surface area contributed by atoms with Crippen LogP contribution in [0.25, 0.3) is 15.9 Å². The molecule has 0 fully saturated rings. The molecule has 0 bridgehead atoms. The summed E-state index contributed by atoms with van der Waals surface area (Å²) in [5.74, 6) is 0.538. The Morgan fingerprint density at radius 1 is 1.17 bits per heavy atom. The first-order valence-electron chi connectivity index (χ1n) is 9.70. The van der Waals surface area contributed by atoms with Crippen LogP contribution in [-0.4, -0.2) is 36.3 Å². The Morgan fingerprint density at radius 3 is 2.69 bits per heavy atom. The van der Waals surface area contributed by atoms with Crippen molar-refractivity contribution in [1.82, 2.24) is 24.5 Å². The van der Waals surface area contributed by atoms with Gasteiger partial charge < -0.3 is 0 Å². The summed E-state index contributed by atoms with van der Waals surface area (Å²) in [6.07, 6.45) is 4.94. The highest BCUT2D eigenvalue weighted by atomic mass is 32.1. The lowest BCUT2D eigenvalue weighted by Gasteiger charge is -2.17. The average Bonchev–Trinajstić information content (AvgIpc) is 3.36. The molecule has 0 saturated heterocycles. The topological polar surface area (TPSA) is 80.5 Å². The third-order valence-electron chi connectivity index (χ3n) is 5.85. The van der Waals surface area contributed by atoms with Gasteiger partial charge in [0, 0.05) is 4.88 Å². The van der Waals surface area contributed by atoms with Gasteiger partial charge in [0.1, 0.15) is 11.2 Å². The third-order valence-corrected chi connectivity index (χ3v) is 7.02. The highest BCUT2D eigenvalue weighted by Crippen LogP contribution is 2.38. The van der Waals surface area contributed by atoms with E-state index in [4.69, 9.17) is 4.98 Å². The number of rotatable bonds is 2. The molecule has 0 radical (unpaired) electrons. The molecule has 0 spiro atoms.